The highest BCUT2D eigenvalue weighted by Crippen LogP contribution is 2.42. The number of halogens is 2. The number of para-hydroxylation sites is 1. The van der Waals surface area contributed by atoms with E-state index in [-0.39, 0.29) is 12.4 Å². The maximum Gasteiger partial charge on any atom is 0.327 e. The molecule has 0 amide bonds. The first-order valence-corrected chi connectivity index (χ1v) is 7.61. The number of carbonyl (C=O) groups excluding carboxylic acids is 1. The summed E-state index contributed by atoms with van der Waals surface area (Å²) in [5.41, 5.74) is 0.315. The number of alkyl halides is 2. The fraction of sp³-hybridized carbons (Fsp3) is 0.353. The monoisotopic (exact) mass is 355 g/mol. The molecule has 25 heavy (non-hydrogen) atoms. The molecule has 1 aromatic heterocycles. The predicted molar refractivity (Wildman–Crippen MR) is 84.9 cm³/mol. The van der Waals surface area contributed by atoms with Gasteiger partial charge in [-0.05, 0) is 31.2 Å². The van der Waals surface area contributed by atoms with Gasteiger partial charge in [0.05, 0.1) is 12.9 Å². The summed E-state index contributed by atoms with van der Waals surface area (Å²) >= 11 is 0. The molecular weight excluding hydrogens is 336 g/mol. The first-order chi connectivity index (χ1) is 11.8. The van der Waals surface area contributed by atoms with E-state index in [0.717, 1.165) is 0 Å². The Bertz CT molecular complexity index is 674. The van der Waals surface area contributed by atoms with Crippen LogP contribution in [0.15, 0.2) is 53.1 Å². The topological polar surface area (TPSA) is 91.9 Å². The fourth-order valence-electron chi connectivity index (χ4n) is 2.26. The van der Waals surface area contributed by atoms with Crippen molar-refractivity contribution in [3.8, 4) is 0 Å². The summed E-state index contributed by atoms with van der Waals surface area (Å²) < 4.78 is 39.3. The summed E-state index contributed by atoms with van der Waals surface area (Å²) in [6, 6.07) is 8.78. The highest BCUT2D eigenvalue weighted by Gasteiger charge is 2.60. The van der Waals surface area contributed by atoms with E-state index in [1.165, 1.54) is 37.5 Å². The number of nitrogens with one attached hydrogen (secondary N) is 1. The molecule has 0 bridgehead atoms. The van der Waals surface area contributed by atoms with Gasteiger partial charge < -0.3 is 24.7 Å². The number of benzene rings is 1. The molecule has 2 rings (SSSR count). The maximum atomic E-state index is 14.9. The number of hydrogen-bond donors (Lipinski definition) is 3. The quantitative estimate of drug-likeness (QED) is 0.498. The number of esters is 1. The van der Waals surface area contributed by atoms with E-state index >= 15 is 0 Å². The Morgan fingerprint density at radius 3 is 2.48 bits per heavy atom. The summed E-state index contributed by atoms with van der Waals surface area (Å²) in [5, 5.41) is 22.3. The Morgan fingerprint density at radius 1 is 1.24 bits per heavy atom. The average Bonchev–Trinajstić information content (AvgIpc) is 3.07. The van der Waals surface area contributed by atoms with Crippen LogP contribution in [0.5, 0.6) is 0 Å². The number of furan rings is 1. The smallest absolute Gasteiger partial charge is 0.327 e. The van der Waals surface area contributed by atoms with Crippen LogP contribution in [0, 0.1) is 0 Å². The molecule has 0 radical (unpaired) electrons. The van der Waals surface area contributed by atoms with Gasteiger partial charge >= 0.3 is 11.9 Å². The van der Waals surface area contributed by atoms with Gasteiger partial charge in [0.25, 0.3) is 0 Å². The first-order valence-electron chi connectivity index (χ1n) is 7.61. The third-order valence-corrected chi connectivity index (χ3v) is 3.51. The van der Waals surface area contributed by atoms with Crippen LogP contribution in [0.2, 0.25) is 0 Å². The maximum absolute atomic E-state index is 14.9. The van der Waals surface area contributed by atoms with Crippen molar-refractivity contribution in [1.82, 2.24) is 0 Å². The number of hydrogen-bond acceptors (Lipinski definition) is 6. The molecule has 0 saturated heterocycles. The Labute approximate surface area is 143 Å². The van der Waals surface area contributed by atoms with Gasteiger partial charge in [0.15, 0.2) is 6.04 Å². The van der Waals surface area contributed by atoms with Crippen molar-refractivity contribution in [2.24, 2.45) is 0 Å². The molecule has 0 fully saturated rings. The Balaban J connectivity index is 2.32. The molecular formula is C17H19F2NO5. The van der Waals surface area contributed by atoms with Crippen molar-refractivity contribution in [2.75, 3.05) is 11.9 Å². The number of aliphatic hydroxyl groups is 2. The predicted octanol–water partition coefficient (Wildman–Crippen LogP) is 2.70. The van der Waals surface area contributed by atoms with Crippen LogP contribution in [-0.2, 0) is 9.53 Å². The lowest BCUT2D eigenvalue weighted by atomic mass is 9.95. The average molecular weight is 355 g/mol. The molecule has 0 saturated carbocycles. The molecule has 3 N–H and O–H groups in total. The van der Waals surface area contributed by atoms with E-state index in [1.807, 2.05) is 0 Å². The zero-order valence-electron chi connectivity index (χ0n) is 13.5. The molecule has 0 aliphatic rings. The van der Waals surface area contributed by atoms with Gasteiger partial charge in [0.2, 0.25) is 5.79 Å². The molecule has 136 valence electrons. The zero-order valence-corrected chi connectivity index (χ0v) is 13.5. The van der Waals surface area contributed by atoms with Crippen molar-refractivity contribution in [3.63, 3.8) is 0 Å². The van der Waals surface area contributed by atoms with E-state index in [9.17, 15) is 23.8 Å². The summed E-state index contributed by atoms with van der Waals surface area (Å²) in [6.07, 6.45) is -0.103. The van der Waals surface area contributed by atoms with Gasteiger partial charge in [0, 0.05) is 5.69 Å². The number of rotatable bonds is 8. The van der Waals surface area contributed by atoms with E-state index in [4.69, 9.17) is 4.42 Å². The molecule has 6 nitrogen and oxygen atoms in total. The second-order valence-corrected chi connectivity index (χ2v) is 5.38. The second kappa shape index (κ2) is 7.62. The van der Waals surface area contributed by atoms with E-state index in [0.29, 0.717) is 5.69 Å². The SMILES string of the molecule is CCOC(=O)CC(O)(O)C(F)(F)C(Nc1ccccc1)c1ccco1. The molecule has 1 heterocycles. The molecule has 8 heteroatoms. The van der Waals surface area contributed by atoms with Crippen LogP contribution in [0.25, 0.3) is 0 Å². The summed E-state index contributed by atoms with van der Waals surface area (Å²) in [5.74, 6) is -9.18. The Kier molecular flexibility index (Phi) is 5.76. The van der Waals surface area contributed by atoms with Crippen molar-refractivity contribution >= 4 is 11.7 Å². The van der Waals surface area contributed by atoms with Crippen LogP contribution in [-0.4, -0.2) is 34.5 Å². The van der Waals surface area contributed by atoms with Crippen molar-refractivity contribution in [2.45, 2.75) is 31.1 Å². The number of anilines is 1. The normalized spacial score (nSPS) is 13.3. The molecule has 1 atom stereocenters. The van der Waals surface area contributed by atoms with Gasteiger partial charge in [-0.2, -0.15) is 8.78 Å². The summed E-state index contributed by atoms with van der Waals surface area (Å²) in [7, 11) is 0. The molecule has 1 aromatic carbocycles. The minimum atomic E-state index is -4.17. The number of ether oxygens (including phenoxy) is 1. The van der Waals surface area contributed by atoms with E-state index in [2.05, 4.69) is 10.1 Å². The second-order valence-electron chi connectivity index (χ2n) is 5.38. The lowest BCUT2D eigenvalue weighted by Crippen LogP contribution is -2.54. The Hall–Kier alpha value is -2.45. The Morgan fingerprint density at radius 2 is 1.92 bits per heavy atom. The summed E-state index contributed by atoms with van der Waals surface area (Å²) in [4.78, 5) is 11.5. The fourth-order valence-corrected chi connectivity index (χ4v) is 2.26. The van der Waals surface area contributed by atoms with Crippen LogP contribution >= 0.6 is 0 Å². The van der Waals surface area contributed by atoms with Crippen LogP contribution < -0.4 is 5.32 Å². The third-order valence-electron chi connectivity index (χ3n) is 3.51. The molecule has 0 aliphatic carbocycles. The largest absolute Gasteiger partial charge is 0.467 e. The van der Waals surface area contributed by atoms with E-state index < -0.39 is 30.1 Å². The van der Waals surface area contributed by atoms with Gasteiger partial charge in [-0.25, -0.2) is 0 Å². The van der Waals surface area contributed by atoms with Crippen molar-refractivity contribution in [1.29, 1.82) is 0 Å². The lowest BCUT2D eigenvalue weighted by molar-refractivity contribution is -0.303. The summed E-state index contributed by atoms with van der Waals surface area (Å²) in [6.45, 7) is 1.42. The van der Waals surface area contributed by atoms with Gasteiger partial charge in [-0.15, -0.1) is 0 Å². The van der Waals surface area contributed by atoms with Crippen LogP contribution in [0.4, 0.5) is 14.5 Å². The minimum Gasteiger partial charge on any atom is -0.467 e. The van der Waals surface area contributed by atoms with Gasteiger partial charge in [-0.1, -0.05) is 18.2 Å². The van der Waals surface area contributed by atoms with E-state index in [1.54, 1.807) is 18.2 Å². The van der Waals surface area contributed by atoms with Crippen LogP contribution in [0.3, 0.4) is 0 Å². The molecule has 2 aromatic rings. The highest BCUT2D eigenvalue weighted by atomic mass is 19.3. The third kappa shape index (κ3) is 4.34. The molecule has 0 spiro atoms. The standard InChI is InChI=1S/C17H19F2NO5/c1-2-24-14(21)11-16(22,23)17(18,19)15(13-9-6-10-25-13)20-12-7-4-3-5-8-12/h3-10,15,20,22-23H,2,11H2,1H3. The van der Waals surface area contributed by atoms with Gasteiger partial charge in [-0.3, -0.25) is 4.79 Å². The molecule has 0 aliphatic heterocycles. The lowest BCUT2D eigenvalue weighted by Gasteiger charge is -2.35. The zero-order chi connectivity index (χ0) is 18.5. The van der Waals surface area contributed by atoms with Crippen molar-refractivity contribution in [3.05, 3.63) is 54.5 Å². The highest BCUT2D eigenvalue weighted by molar-refractivity contribution is 5.70. The first kappa shape index (κ1) is 18.9. The van der Waals surface area contributed by atoms with Crippen molar-refractivity contribution < 1.29 is 32.9 Å². The van der Waals surface area contributed by atoms with Gasteiger partial charge in [0.1, 0.15) is 12.2 Å². The number of carbonyl (C=O) groups is 1. The molecule has 1 unspecified atom stereocenters. The van der Waals surface area contributed by atoms with Crippen LogP contribution in [0.1, 0.15) is 25.1 Å². The minimum absolute atomic E-state index is 0.0651.